The number of halogens is 1. The van der Waals surface area contributed by atoms with Crippen LogP contribution in [-0.4, -0.2) is 9.55 Å². The van der Waals surface area contributed by atoms with E-state index in [9.17, 15) is 0 Å². The Balaban J connectivity index is 2.84. The minimum Gasteiger partial charge on any atom is -0.331 e. The Kier molecular flexibility index (Phi) is 2.49. The average molecular weight is 271 g/mol. The van der Waals surface area contributed by atoms with E-state index in [-0.39, 0.29) is 0 Å². The lowest BCUT2D eigenvalue weighted by molar-refractivity contribution is 0.610. The summed E-state index contributed by atoms with van der Waals surface area (Å²) in [5.41, 5.74) is 2.24. The standard InChI is InChI=1S/C10H11BrN2S/c1-6(2)13-9-4-3-7(11)5-8(9)12-10(13)14/h3-6H,1-2H3,(H,12,14). The van der Waals surface area contributed by atoms with E-state index in [0.29, 0.717) is 6.04 Å². The highest BCUT2D eigenvalue weighted by molar-refractivity contribution is 9.10. The molecule has 74 valence electrons. The van der Waals surface area contributed by atoms with Crippen molar-refractivity contribution in [3.8, 4) is 0 Å². The van der Waals surface area contributed by atoms with Crippen LogP contribution in [0.25, 0.3) is 11.0 Å². The normalized spacial score (nSPS) is 11.4. The van der Waals surface area contributed by atoms with Gasteiger partial charge in [0.1, 0.15) is 0 Å². The maximum absolute atomic E-state index is 5.26. The van der Waals surface area contributed by atoms with E-state index < -0.39 is 0 Å². The quantitative estimate of drug-likeness (QED) is 0.776. The molecule has 0 aliphatic heterocycles. The van der Waals surface area contributed by atoms with E-state index in [1.807, 2.05) is 12.1 Å². The predicted molar refractivity (Wildman–Crippen MR) is 65.2 cm³/mol. The van der Waals surface area contributed by atoms with E-state index in [4.69, 9.17) is 12.2 Å². The van der Waals surface area contributed by atoms with Crippen LogP contribution in [0.15, 0.2) is 22.7 Å². The molecule has 1 heterocycles. The number of aromatic amines is 1. The molecule has 0 radical (unpaired) electrons. The molecule has 2 rings (SSSR count). The molecule has 14 heavy (non-hydrogen) atoms. The van der Waals surface area contributed by atoms with Crippen LogP contribution in [0.2, 0.25) is 0 Å². The summed E-state index contributed by atoms with van der Waals surface area (Å²) in [5.74, 6) is 0. The Morgan fingerprint density at radius 2 is 2.14 bits per heavy atom. The lowest BCUT2D eigenvalue weighted by Gasteiger charge is -2.07. The fraction of sp³-hybridized carbons (Fsp3) is 0.300. The topological polar surface area (TPSA) is 20.7 Å². The molecule has 1 N–H and O–H groups in total. The summed E-state index contributed by atoms with van der Waals surface area (Å²) >= 11 is 8.70. The molecule has 0 spiro atoms. The first kappa shape index (κ1) is 9.93. The first-order chi connectivity index (χ1) is 6.59. The van der Waals surface area contributed by atoms with Gasteiger partial charge in [-0.3, -0.25) is 0 Å². The Bertz CT molecular complexity index is 524. The molecule has 0 unspecified atom stereocenters. The molecule has 0 fully saturated rings. The minimum atomic E-state index is 0.387. The maximum Gasteiger partial charge on any atom is 0.178 e. The molecule has 1 aromatic heterocycles. The van der Waals surface area contributed by atoms with Crippen molar-refractivity contribution in [2.24, 2.45) is 0 Å². The number of hydrogen-bond donors (Lipinski definition) is 1. The second-order valence-corrected chi connectivity index (χ2v) is 4.86. The first-order valence-corrected chi connectivity index (χ1v) is 5.69. The second kappa shape index (κ2) is 3.51. The van der Waals surface area contributed by atoms with Gasteiger partial charge in [-0.1, -0.05) is 15.9 Å². The van der Waals surface area contributed by atoms with Gasteiger partial charge in [0.25, 0.3) is 0 Å². The van der Waals surface area contributed by atoms with Crippen LogP contribution >= 0.6 is 28.1 Å². The number of nitrogens with zero attached hydrogens (tertiary/aromatic N) is 1. The summed E-state index contributed by atoms with van der Waals surface area (Å²) in [7, 11) is 0. The molecule has 0 atom stereocenters. The van der Waals surface area contributed by atoms with Crippen molar-refractivity contribution in [1.29, 1.82) is 0 Å². The molecule has 0 saturated carbocycles. The molecule has 0 aliphatic carbocycles. The predicted octanol–water partition coefficient (Wildman–Crippen LogP) is 4.04. The van der Waals surface area contributed by atoms with E-state index in [1.54, 1.807) is 0 Å². The summed E-state index contributed by atoms with van der Waals surface area (Å²) in [5, 5.41) is 0. The third-order valence-corrected chi connectivity index (χ3v) is 2.99. The number of fused-ring (bicyclic) bond motifs is 1. The zero-order chi connectivity index (χ0) is 10.3. The van der Waals surface area contributed by atoms with Crippen molar-refractivity contribution < 1.29 is 0 Å². The van der Waals surface area contributed by atoms with E-state index in [1.165, 1.54) is 0 Å². The number of nitrogens with one attached hydrogen (secondary N) is 1. The average Bonchev–Trinajstić information content (AvgIpc) is 2.39. The highest BCUT2D eigenvalue weighted by Crippen LogP contribution is 2.22. The third-order valence-electron chi connectivity index (χ3n) is 2.19. The minimum absolute atomic E-state index is 0.387. The second-order valence-electron chi connectivity index (χ2n) is 3.56. The number of hydrogen-bond acceptors (Lipinski definition) is 1. The molecule has 0 aliphatic rings. The molecule has 0 bridgehead atoms. The van der Waals surface area contributed by atoms with Gasteiger partial charge in [0.05, 0.1) is 11.0 Å². The van der Waals surface area contributed by atoms with Gasteiger partial charge in [-0.15, -0.1) is 0 Å². The van der Waals surface area contributed by atoms with Crippen molar-refractivity contribution in [3.63, 3.8) is 0 Å². The fourth-order valence-electron chi connectivity index (χ4n) is 1.62. The number of aromatic nitrogens is 2. The van der Waals surface area contributed by atoms with Crippen molar-refractivity contribution >= 4 is 39.2 Å². The summed E-state index contributed by atoms with van der Waals surface area (Å²) in [6, 6.07) is 6.54. The molecular weight excluding hydrogens is 260 g/mol. The van der Waals surface area contributed by atoms with Gasteiger partial charge in [-0.05, 0) is 44.3 Å². The Hall–Kier alpha value is -0.610. The van der Waals surface area contributed by atoms with Crippen LogP contribution in [0, 0.1) is 4.77 Å². The smallest absolute Gasteiger partial charge is 0.178 e. The molecule has 1 aromatic carbocycles. The molecule has 0 amide bonds. The fourth-order valence-corrected chi connectivity index (χ4v) is 2.40. The van der Waals surface area contributed by atoms with Crippen molar-refractivity contribution in [1.82, 2.24) is 9.55 Å². The van der Waals surface area contributed by atoms with Gasteiger partial charge in [0.2, 0.25) is 0 Å². The molecule has 2 aromatic rings. The van der Waals surface area contributed by atoms with E-state index >= 15 is 0 Å². The highest BCUT2D eigenvalue weighted by Gasteiger charge is 2.06. The largest absolute Gasteiger partial charge is 0.331 e. The molecule has 0 saturated heterocycles. The molecule has 2 nitrogen and oxygen atoms in total. The Morgan fingerprint density at radius 3 is 2.79 bits per heavy atom. The SMILES string of the molecule is CC(C)n1c(=S)[nH]c2cc(Br)ccc21. The maximum atomic E-state index is 5.26. The number of rotatable bonds is 1. The van der Waals surface area contributed by atoms with Gasteiger partial charge in [0.15, 0.2) is 4.77 Å². The van der Waals surface area contributed by atoms with Gasteiger partial charge in [-0.2, -0.15) is 0 Å². The zero-order valence-electron chi connectivity index (χ0n) is 8.04. The van der Waals surface area contributed by atoms with Crippen LogP contribution in [0.4, 0.5) is 0 Å². The summed E-state index contributed by atoms with van der Waals surface area (Å²) in [4.78, 5) is 3.20. The monoisotopic (exact) mass is 270 g/mol. The van der Waals surface area contributed by atoms with Crippen molar-refractivity contribution in [2.75, 3.05) is 0 Å². The van der Waals surface area contributed by atoms with Gasteiger partial charge >= 0.3 is 0 Å². The van der Waals surface area contributed by atoms with Crippen LogP contribution in [0.3, 0.4) is 0 Å². The van der Waals surface area contributed by atoms with Crippen LogP contribution in [-0.2, 0) is 0 Å². The van der Waals surface area contributed by atoms with Crippen molar-refractivity contribution in [2.45, 2.75) is 19.9 Å². The summed E-state index contributed by atoms with van der Waals surface area (Å²) in [6.45, 7) is 4.26. The van der Waals surface area contributed by atoms with Gasteiger partial charge < -0.3 is 9.55 Å². The van der Waals surface area contributed by atoms with Gasteiger partial charge in [-0.25, -0.2) is 0 Å². The van der Waals surface area contributed by atoms with Crippen molar-refractivity contribution in [3.05, 3.63) is 27.4 Å². The summed E-state index contributed by atoms with van der Waals surface area (Å²) < 4.78 is 3.97. The number of imidazole rings is 1. The first-order valence-electron chi connectivity index (χ1n) is 4.49. The Morgan fingerprint density at radius 1 is 1.43 bits per heavy atom. The van der Waals surface area contributed by atoms with Gasteiger partial charge in [0, 0.05) is 10.5 Å². The lowest BCUT2D eigenvalue weighted by atomic mass is 10.3. The molecular formula is C10H11BrN2S. The zero-order valence-corrected chi connectivity index (χ0v) is 10.4. The Labute approximate surface area is 96.1 Å². The van der Waals surface area contributed by atoms with E-state index in [2.05, 4.69) is 45.4 Å². The summed E-state index contributed by atoms with van der Waals surface area (Å²) in [6.07, 6.45) is 0. The third kappa shape index (κ3) is 1.53. The number of H-pyrrole nitrogens is 1. The van der Waals surface area contributed by atoms with Crippen LogP contribution in [0.5, 0.6) is 0 Å². The number of benzene rings is 1. The van der Waals surface area contributed by atoms with Crippen LogP contribution < -0.4 is 0 Å². The van der Waals surface area contributed by atoms with E-state index in [0.717, 1.165) is 20.3 Å². The highest BCUT2D eigenvalue weighted by atomic mass is 79.9. The lowest BCUT2D eigenvalue weighted by Crippen LogP contribution is -1.99. The van der Waals surface area contributed by atoms with Crippen LogP contribution in [0.1, 0.15) is 19.9 Å². The molecule has 4 heteroatoms.